The predicted molar refractivity (Wildman–Crippen MR) is 78.6 cm³/mol. The number of furan rings is 1. The van der Waals surface area contributed by atoms with Crippen LogP contribution in [0.15, 0.2) is 34.7 Å². The molecule has 0 aliphatic carbocycles. The maximum Gasteiger partial charge on any atom is 0.310 e. The molecular weight excluding hydrogens is 270 g/mol. The third-order valence-electron chi connectivity index (χ3n) is 3.32. The van der Waals surface area contributed by atoms with E-state index in [-0.39, 0.29) is 5.91 Å². The number of aryl methyl sites for hydroxylation is 2. The first-order valence-electron chi connectivity index (χ1n) is 6.59. The minimum absolute atomic E-state index is 0.247. The van der Waals surface area contributed by atoms with E-state index in [1.165, 1.54) is 0 Å². The molecule has 1 amide bonds. The van der Waals surface area contributed by atoms with Gasteiger partial charge in [-0.05, 0) is 44.5 Å². The molecule has 0 fully saturated rings. The molecule has 1 unspecified atom stereocenters. The number of carbonyl (C=O) groups is 2. The summed E-state index contributed by atoms with van der Waals surface area (Å²) in [6, 6.07) is 8.46. The van der Waals surface area contributed by atoms with Gasteiger partial charge < -0.3 is 14.8 Å². The predicted octanol–water partition coefficient (Wildman–Crippen LogP) is 3.34. The summed E-state index contributed by atoms with van der Waals surface area (Å²) in [5.41, 5.74) is 1.80. The van der Waals surface area contributed by atoms with Crippen LogP contribution >= 0.6 is 0 Å². The van der Waals surface area contributed by atoms with Crippen LogP contribution < -0.4 is 5.32 Å². The molecule has 2 N–H and O–H groups in total. The number of hydrogen-bond donors (Lipinski definition) is 2. The summed E-state index contributed by atoms with van der Waals surface area (Å²) in [5.74, 6) is -0.447. The lowest BCUT2D eigenvalue weighted by molar-refractivity contribution is -0.138. The molecule has 0 radical (unpaired) electrons. The second-order valence-corrected chi connectivity index (χ2v) is 4.96. The molecule has 5 heteroatoms. The number of carboxylic acid groups (broad SMARTS) is 1. The van der Waals surface area contributed by atoms with Crippen LogP contribution in [0.1, 0.15) is 40.3 Å². The Morgan fingerprint density at radius 2 is 1.81 bits per heavy atom. The summed E-state index contributed by atoms with van der Waals surface area (Å²) in [4.78, 5) is 23.0. The largest absolute Gasteiger partial charge is 0.481 e. The minimum atomic E-state index is -0.878. The highest BCUT2D eigenvalue weighted by molar-refractivity contribution is 6.05. The van der Waals surface area contributed by atoms with Crippen molar-refractivity contribution in [1.29, 1.82) is 0 Å². The van der Waals surface area contributed by atoms with Gasteiger partial charge >= 0.3 is 5.97 Å². The Hall–Kier alpha value is -2.56. The second kappa shape index (κ2) is 5.83. The van der Waals surface area contributed by atoms with Crippen LogP contribution in [0.4, 0.5) is 5.69 Å². The lowest BCUT2D eigenvalue weighted by Crippen LogP contribution is -2.12. The van der Waals surface area contributed by atoms with Gasteiger partial charge in [0.2, 0.25) is 0 Å². The van der Waals surface area contributed by atoms with Gasteiger partial charge in [-0.2, -0.15) is 0 Å². The Kier molecular flexibility index (Phi) is 4.12. The SMILES string of the molecule is Cc1cc(C(=O)Nc2ccc(C(C)C(=O)O)cc2)c(C)o1. The normalized spacial score (nSPS) is 12.0. The zero-order valence-electron chi connectivity index (χ0n) is 12.1. The summed E-state index contributed by atoms with van der Waals surface area (Å²) in [6.45, 7) is 5.14. The standard InChI is InChI=1S/C16H17NO4/c1-9-8-14(11(3)21-9)15(18)17-13-6-4-12(5-7-13)10(2)16(19)20/h4-8,10H,1-3H3,(H,17,18)(H,19,20). The Morgan fingerprint density at radius 3 is 2.29 bits per heavy atom. The molecule has 1 atom stereocenters. The van der Waals surface area contributed by atoms with E-state index in [9.17, 15) is 9.59 Å². The van der Waals surface area contributed by atoms with E-state index in [0.717, 1.165) is 0 Å². The number of anilines is 1. The number of rotatable bonds is 4. The fourth-order valence-electron chi connectivity index (χ4n) is 2.05. The molecule has 0 saturated heterocycles. The number of carboxylic acids is 1. The van der Waals surface area contributed by atoms with E-state index >= 15 is 0 Å². The van der Waals surface area contributed by atoms with E-state index < -0.39 is 11.9 Å². The van der Waals surface area contributed by atoms with Crippen molar-refractivity contribution in [3.05, 3.63) is 53.0 Å². The number of amides is 1. The van der Waals surface area contributed by atoms with Crippen molar-refractivity contribution in [2.24, 2.45) is 0 Å². The number of carbonyl (C=O) groups excluding carboxylic acids is 1. The molecule has 0 spiro atoms. The number of benzene rings is 1. The molecule has 0 bridgehead atoms. The van der Waals surface area contributed by atoms with Crippen molar-refractivity contribution in [3.8, 4) is 0 Å². The molecule has 1 aromatic carbocycles. The average Bonchev–Trinajstić information content (AvgIpc) is 2.77. The molecule has 110 valence electrons. The van der Waals surface area contributed by atoms with Crippen molar-refractivity contribution in [1.82, 2.24) is 0 Å². The van der Waals surface area contributed by atoms with Gasteiger partial charge in [0.25, 0.3) is 5.91 Å². The van der Waals surface area contributed by atoms with E-state index in [0.29, 0.717) is 28.3 Å². The van der Waals surface area contributed by atoms with Gasteiger partial charge in [-0.1, -0.05) is 12.1 Å². The van der Waals surface area contributed by atoms with Gasteiger partial charge in [-0.15, -0.1) is 0 Å². The summed E-state index contributed by atoms with van der Waals surface area (Å²) < 4.78 is 5.32. The molecule has 0 aliphatic heterocycles. The fourth-order valence-corrected chi connectivity index (χ4v) is 2.05. The zero-order chi connectivity index (χ0) is 15.6. The van der Waals surface area contributed by atoms with Crippen molar-refractivity contribution < 1.29 is 19.1 Å². The molecule has 5 nitrogen and oxygen atoms in total. The molecule has 2 rings (SSSR count). The van der Waals surface area contributed by atoms with Gasteiger partial charge in [-0.3, -0.25) is 9.59 Å². The zero-order valence-corrected chi connectivity index (χ0v) is 12.1. The van der Waals surface area contributed by atoms with Crippen LogP contribution in [0.3, 0.4) is 0 Å². The Labute approximate surface area is 122 Å². The van der Waals surface area contributed by atoms with Crippen molar-refractivity contribution in [3.63, 3.8) is 0 Å². The van der Waals surface area contributed by atoms with Crippen molar-refractivity contribution in [2.45, 2.75) is 26.7 Å². The molecule has 1 heterocycles. The molecule has 2 aromatic rings. The lowest BCUT2D eigenvalue weighted by atomic mass is 10.0. The minimum Gasteiger partial charge on any atom is -0.481 e. The smallest absolute Gasteiger partial charge is 0.310 e. The molecule has 21 heavy (non-hydrogen) atoms. The number of aliphatic carboxylic acids is 1. The number of nitrogens with one attached hydrogen (secondary N) is 1. The maximum absolute atomic E-state index is 12.1. The Balaban J connectivity index is 2.12. The van der Waals surface area contributed by atoms with Gasteiger partial charge in [0.1, 0.15) is 11.5 Å². The van der Waals surface area contributed by atoms with Crippen LogP contribution in [0, 0.1) is 13.8 Å². The maximum atomic E-state index is 12.1. The van der Waals surface area contributed by atoms with E-state index in [4.69, 9.17) is 9.52 Å². The van der Waals surface area contributed by atoms with Crippen LogP contribution in [-0.2, 0) is 4.79 Å². The summed E-state index contributed by atoms with van der Waals surface area (Å²) in [5, 5.41) is 11.7. The van der Waals surface area contributed by atoms with Crippen molar-refractivity contribution in [2.75, 3.05) is 5.32 Å². The molecular formula is C16H17NO4. The third-order valence-corrected chi connectivity index (χ3v) is 3.32. The highest BCUT2D eigenvalue weighted by Gasteiger charge is 2.15. The van der Waals surface area contributed by atoms with Crippen LogP contribution in [0.2, 0.25) is 0 Å². The first-order valence-corrected chi connectivity index (χ1v) is 6.59. The third kappa shape index (κ3) is 3.31. The molecule has 0 aliphatic rings. The van der Waals surface area contributed by atoms with Crippen molar-refractivity contribution >= 4 is 17.6 Å². The Morgan fingerprint density at radius 1 is 1.19 bits per heavy atom. The number of hydrogen-bond acceptors (Lipinski definition) is 3. The quantitative estimate of drug-likeness (QED) is 0.903. The van der Waals surface area contributed by atoms with Gasteiger partial charge in [0, 0.05) is 5.69 Å². The van der Waals surface area contributed by atoms with Crippen LogP contribution in [0.5, 0.6) is 0 Å². The van der Waals surface area contributed by atoms with E-state index in [1.807, 2.05) is 0 Å². The highest BCUT2D eigenvalue weighted by Crippen LogP contribution is 2.20. The second-order valence-electron chi connectivity index (χ2n) is 4.96. The fraction of sp³-hybridized carbons (Fsp3) is 0.250. The highest BCUT2D eigenvalue weighted by atomic mass is 16.4. The van der Waals surface area contributed by atoms with Crippen LogP contribution in [-0.4, -0.2) is 17.0 Å². The van der Waals surface area contributed by atoms with E-state index in [2.05, 4.69) is 5.32 Å². The van der Waals surface area contributed by atoms with Gasteiger partial charge in [0.05, 0.1) is 11.5 Å². The topological polar surface area (TPSA) is 79.5 Å². The van der Waals surface area contributed by atoms with Gasteiger partial charge in [-0.25, -0.2) is 0 Å². The molecule has 0 saturated carbocycles. The summed E-state index contributed by atoms with van der Waals surface area (Å²) >= 11 is 0. The first-order chi connectivity index (χ1) is 9.88. The Bertz CT molecular complexity index is 670. The van der Waals surface area contributed by atoms with Gasteiger partial charge in [0.15, 0.2) is 0 Å². The first kappa shape index (κ1) is 14.8. The summed E-state index contributed by atoms with van der Waals surface area (Å²) in [6.07, 6.45) is 0. The monoisotopic (exact) mass is 287 g/mol. The van der Waals surface area contributed by atoms with Crippen LogP contribution in [0.25, 0.3) is 0 Å². The summed E-state index contributed by atoms with van der Waals surface area (Å²) in [7, 11) is 0. The lowest BCUT2D eigenvalue weighted by Gasteiger charge is -2.08. The average molecular weight is 287 g/mol. The molecule has 1 aromatic heterocycles. The van der Waals surface area contributed by atoms with E-state index in [1.54, 1.807) is 51.1 Å².